The van der Waals surface area contributed by atoms with Crippen LogP contribution < -0.4 is 4.74 Å². The molecule has 0 spiro atoms. The van der Waals surface area contributed by atoms with Crippen molar-refractivity contribution in [1.29, 1.82) is 0 Å². The second-order valence-electron chi connectivity index (χ2n) is 7.14. The summed E-state index contributed by atoms with van der Waals surface area (Å²) in [4.78, 5) is 0. The van der Waals surface area contributed by atoms with E-state index in [2.05, 4.69) is 85.8 Å². The van der Waals surface area contributed by atoms with Crippen LogP contribution in [0.15, 0.2) is 78.9 Å². The van der Waals surface area contributed by atoms with Crippen molar-refractivity contribution in [2.75, 3.05) is 6.61 Å². The number of fused-ring (bicyclic) bond motifs is 2. The van der Waals surface area contributed by atoms with Crippen LogP contribution in [0.3, 0.4) is 0 Å². The first-order valence-corrected chi connectivity index (χ1v) is 9.97. The lowest BCUT2D eigenvalue weighted by Gasteiger charge is -2.14. The molecule has 0 heterocycles. The average Bonchev–Trinajstić information content (AvgIpc) is 2.73. The minimum absolute atomic E-state index is 0.792. The van der Waals surface area contributed by atoms with Gasteiger partial charge in [0.25, 0.3) is 0 Å². The molecule has 0 aliphatic rings. The van der Waals surface area contributed by atoms with Crippen molar-refractivity contribution >= 4 is 21.5 Å². The summed E-state index contributed by atoms with van der Waals surface area (Å²) in [6.45, 7) is 3.01. The quantitative estimate of drug-likeness (QED) is 0.320. The van der Waals surface area contributed by atoms with Crippen LogP contribution in [0.5, 0.6) is 5.75 Å². The van der Waals surface area contributed by atoms with Crippen LogP contribution in [0.1, 0.15) is 37.3 Å². The largest absolute Gasteiger partial charge is 0.493 e. The van der Waals surface area contributed by atoms with E-state index >= 15 is 0 Å². The second kappa shape index (κ2) is 8.26. The molecule has 1 nitrogen and oxygen atoms in total. The SMILES string of the molecule is CCCCCOc1ccc(Cc2cccc3ccccc23)c2ccccc12. The molecule has 0 radical (unpaired) electrons. The van der Waals surface area contributed by atoms with Crippen molar-refractivity contribution in [2.45, 2.75) is 32.6 Å². The van der Waals surface area contributed by atoms with Gasteiger partial charge in [-0.3, -0.25) is 0 Å². The highest BCUT2D eigenvalue weighted by Gasteiger charge is 2.09. The fraction of sp³-hybridized carbons (Fsp3) is 0.231. The van der Waals surface area contributed by atoms with Gasteiger partial charge in [0, 0.05) is 5.39 Å². The van der Waals surface area contributed by atoms with E-state index in [0.717, 1.165) is 25.2 Å². The van der Waals surface area contributed by atoms with Crippen molar-refractivity contribution in [3.8, 4) is 5.75 Å². The number of ether oxygens (including phenoxy) is 1. The molecule has 4 rings (SSSR count). The Bertz CT molecular complexity index is 1040. The maximum absolute atomic E-state index is 6.10. The third-order valence-corrected chi connectivity index (χ3v) is 5.24. The van der Waals surface area contributed by atoms with E-state index in [4.69, 9.17) is 4.74 Å². The molecule has 0 amide bonds. The number of hydrogen-bond donors (Lipinski definition) is 0. The van der Waals surface area contributed by atoms with Gasteiger partial charge in [0.2, 0.25) is 0 Å². The number of benzene rings is 4. The molecule has 0 bridgehead atoms. The maximum Gasteiger partial charge on any atom is 0.127 e. The van der Waals surface area contributed by atoms with Gasteiger partial charge in [-0.1, -0.05) is 92.6 Å². The summed E-state index contributed by atoms with van der Waals surface area (Å²) in [5.74, 6) is 1.00. The monoisotopic (exact) mass is 354 g/mol. The predicted molar refractivity (Wildman–Crippen MR) is 116 cm³/mol. The maximum atomic E-state index is 6.10. The lowest BCUT2D eigenvalue weighted by atomic mass is 9.95. The summed E-state index contributed by atoms with van der Waals surface area (Å²) in [5.41, 5.74) is 2.72. The second-order valence-corrected chi connectivity index (χ2v) is 7.14. The normalized spacial score (nSPS) is 11.1. The summed E-state index contributed by atoms with van der Waals surface area (Å²) >= 11 is 0. The van der Waals surface area contributed by atoms with Crippen molar-refractivity contribution in [3.63, 3.8) is 0 Å². The number of unbranched alkanes of at least 4 members (excludes halogenated alkanes) is 2. The summed E-state index contributed by atoms with van der Waals surface area (Å²) in [5, 5.41) is 5.14. The summed E-state index contributed by atoms with van der Waals surface area (Å²) in [7, 11) is 0. The van der Waals surface area contributed by atoms with Gasteiger partial charge in [-0.05, 0) is 46.2 Å². The minimum Gasteiger partial charge on any atom is -0.493 e. The van der Waals surface area contributed by atoms with Gasteiger partial charge < -0.3 is 4.74 Å². The molecule has 0 N–H and O–H groups in total. The fourth-order valence-electron chi connectivity index (χ4n) is 3.80. The molecule has 0 fully saturated rings. The van der Waals surface area contributed by atoms with Crippen molar-refractivity contribution in [2.24, 2.45) is 0 Å². The Morgan fingerprint density at radius 1 is 0.630 bits per heavy atom. The highest BCUT2D eigenvalue weighted by atomic mass is 16.5. The van der Waals surface area contributed by atoms with Crippen LogP contribution in [0, 0.1) is 0 Å². The van der Waals surface area contributed by atoms with Gasteiger partial charge in [-0.25, -0.2) is 0 Å². The van der Waals surface area contributed by atoms with Gasteiger partial charge in [-0.15, -0.1) is 0 Å². The van der Waals surface area contributed by atoms with Crippen LogP contribution in [0.4, 0.5) is 0 Å². The molecule has 4 aromatic carbocycles. The highest BCUT2D eigenvalue weighted by molar-refractivity contribution is 5.92. The third-order valence-electron chi connectivity index (χ3n) is 5.24. The van der Waals surface area contributed by atoms with Crippen LogP contribution in [0.25, 0.3) is 21.5 Å². The Morgan fingerprint density at radius 2 is 1.33 bits per heavy atom. The molecule has 0 saturated heterocycles. The Kier molecular flexibility index (Phi) is 5.39. The highest BCUT2D eigenvalue weighted by Crippen LogP contribution is 2.31. The standard InChI is InChI=1S/C26H26O/c1-2-3-8-18-27-26-17-16-22(24-14-6-7-15-25(24)26)19-21-12-9-11-20-10-4-5-13-23(20)21/h4-7,9-17H,2-3,8,18-19H2,1H3. The predicted octanol–water partition coefficient (Wildman–Crippen LogP) is 7.15. The molecule has 0 aromatic heterocycles. The van der Waals surface area contributed by atoms with Crippen molar-refractivity contribution in [3.05, 3.63) is 90.0 Å². The molecular weight excluding hydrogens is 328 g/mol. The van der Waals surface area contributed by atoms with Crippen LogP contribution >= 0.6 is 0 Å². The summed E-state index contributed by atoms with van der Waals surface area (Å²) < 4.78 is 6.10. The molecule has 0 atom stereocenters. The smallest absolute Gasteiger partial charge is 0.127 e. The molecule has 27 heavy (non-hydrogen) atoms. The van der Waals surface area contributed by atoms with Gasteiger partial charge >= 0.3 is 0 Å². The Balaban J connectivity index is 1.68. The lowest BCUT2D eigenvalue weighted by Crippen LogP contribution is -1.99. The molecule has 1 heteroatoms. The fourth-order valence-corrected chi connectivity index (χ4v) is 3.80. The van der Waals surface area contributed by atoms with Crippen LogP contribution in [-0.2, 0) is 6.42 Å². The number of hydrogen-bond acceptors (Lipinski definition) is 1. The summed E-state index contributed by atoms with van der Waals surface area (Å²) in [6.07, 6.45) is 4.48. The Labute approximate surface area is 161 Å². The lowest BCUT2D eigenvalue weighted by molar-refractivity contribution is 0.310. The van der Waals surface area contributed by atoms with E-state index in [-0.39, 0.29) is 0 Å². The number of rotatable bonds is 7. The third kappa shape index (κ3) is 3.83. The molecule has 0 saturated carbocycles. The van der Waals surface area contributed by atoms with Gasteiger partial charge in [0.15, 0.2) is 0 Å². The van der Waals surface area contributed by atoms with Gasteiger partial charge in [-0.2, -0.15) is 0 Å². The van der Waals surface area contributed by atoms with E-state index in [1.165, 1.54) is 45.5 Å². The van der Waals surface area contributed by atoms with E-state index in [0.29, 0.717) is 0 Å². The van der Waals surface area contributed by atoms with E-state index in [1.54, 1.807) is 0 Å². The van der Waals surface area contributed by atoms with E-state index < -0.39 is 0 Å². The van der Waals surface area contributed by atoms with Crippen LogP contribution in [-0.4, -0.2) is 6.61 Å². The zero-order valence-electron chi connectivity index (χ0n) is 15.9. The van der Waals surface area contributed by atoms with Crippen molar-refractivity contribution in [1.82, 2.24) is 0 Å². The average molecular weight is 354 g/mol. The molecular formula is C26H26O. The zero-order chi connectivity index (χ0) is 18.5. The van der Waals surface area contributed by atoms with Crippen molar-refractivity contribution < 1.29 is 4.74 Å². The molecule has 0 aliphatic heterocycles. The molecule has 0 aliphatic carbocycles. The first-order chi connectivity index (χ1) is 13.4. The van der Waals surface area contributed by atoms with E-state index in [9.17, 15) is 0 Å². The zero-order valence-corrected chi connectivity index (χ0v) is 15.9. The first-order valence-electron chi connectivity index (χ1n) is 9.97. The topological polar surface area (TPSA) is 9.23 Å². The van der Waals surface area contributed by atoms with Gasteiger partial charge in [0.1, 0.15) is 5.75 Å². The van der Waals surface area contributed by atoms with E-state index in [1.807, 2.05) is 0 Å². The summed E-state index contributed by atoms with van der Waals surface area (Å²) in [6, 6.07) is 28.2. The Morgan fingerprint density at radius 3 is 2.19 bits per heavy atom. The minimum atomic E-state index is 0.792. The Hall–Kier alpha value is -2.80. The molecule has 4 aromatic rings. The molecule has 136 valence electrons. The van der Waals surface area contributed by atoms with Crippen LogP contribution in [0.2, 0.25) is 0 Å². The molecule has 0 unspecified atom stereocenters. The van der Waals surface area contributed by atoms with Gasteiger partial charge in [0.05, 0.1) is 6.61 Å². The first kappa shape index (κ1) is 17.6.